The van der Waals surface area contributed by atoms with E-state index in [-0.39, 0.29) is 0 Å². The molecule has 0 aliphatic rings. The van der Waals surface area contributed by atoms with Crippen LogP contribution in [0, 0.1) is 0 Å². The zero-order chi connectivity index (χ0) is 27.6. The molecule has 0 heterocycles. The first-order valence-corrected chi connectivity index (χ1v) is 14.6. The van der Waals surface area contributed by atoms with Crippen LogP contribution in [0.15, 0.2) is 158 Å². The van der Waals surface area contributed by atoms with E-state index in [0.717, 1.165) is 0 Å². The van der Waals surface area contributed by atoms with Gasteiger partial charge in [-0.25, -0.2) is 0 Å². The Labute approximate surface area is 244 Å². The Balaban J connectivity index is 1.36. The van der Waals surface area contributed by atoms with Gasteiger partial charge in [-0.2, -0.15) is 0 Å². The topological polar surface area (TPSA) is 0 Å². The molecule has 0 unspecified atom stereocenters. The van der Waals surface area contributed by atoms with E-state index in [4.69, 9.17) is 0 Å². The third-order valence-electron chi connectivity index (χ3n) is 9.01. The molecule has 9 aromatic carbocycles. The lowest BCUT2D eigenvalue weighted by molar-refractivity contribution is 1.61. The van der Waals surface area contributed by atoms with E-state index in [1.165, 1.54) is 87.2 Å². The van der Waals surface area contributed by atoms with Crippen LogP contribution >= 0.6 is 0 Å². The molecule has 0 nitrogen and oxygen atoms in total. The summed E-state index contributed by atoms with van der Waals surface area (Å²) in [7, 11) is 0. The van der Waals surface area contributed by atoms with Gasteiger partial charge in [0.1, 0.15) is 0 Å². The Morgan fingerprint density at radius 1 is 0.238 bits per heavy atom. The van der Waals surface area contributed by atoms with Crippen molar-refractivity contribution in [1.82, 2.24) is 0 Å². The first kappa shape index (κ1) is 23.3. The van der Waals surface area contributed by atoms with Gasteiger partial charge in [-0.05, 0) is 87.2 Å². The molecule has 0 bridgehead atoms. The first-order valence-electron chi connectivity index (χ1n) is 14.6. The van der Waals surface area contributed by atoms with Crippen LogP contribution in [0.4, 0.5) is 0 Å². The lowest BCUT2D eigenvalue weighted by Crippen LogP contribution is -1.92. The first-order chi connectivity index (χ1) is 20.8. The summed E-state index contributed by atoms with van der Waals surface area (Å²) in [6.45, 7) is 0. The molecule has 9 rings (SSSR count). The van der Waals surface area contributed by atoms with Crippen molar-refractivity contribution in [3.8, 4) is 33.4 Å². The van der Waals surface area contributed by atoms with Crippen LogP contribution in [0.1, 0.15) is 0 Å². The molecule has 9 aromatic rings. The molecule has 0 fully saturated rings. The van der Waals surface area contributed by atoms with Crippen LogP contribution in [0.5, 0.6) is 0 Å². The lowest BCUT2D eigenvalue weighted by atomic mass is 9.83. The van der Waals surface area contributed by atoms with E-state index in [0.29, 0.717) is 0 Å². The van der Waals surface area contributed by atoms with Gasteiger partial charge >= 0.3 is 0 Å². The number of benzene rings is 9. The summed E-state index contributed by atoms with van der Waals surface area (Å²) in [5, 5.41) is 13.1. The summed E-state index contributed by atoms with van der Waals surface area (Å²) in [5.74, 6) is 0. The molecular weight excluding hydrogens is 504 g/mol. The van der Waals surface area contributed by atoms with Crippen molar-refractivity contribution in [2.75, 3.05) is 0 Å². The molecule has 0 heteroatoms. The van der Waals surface area contributed by atoms with Crippen molar-refractivity contribution in [1.29, 1.82) is 0 Å². The quantitative estimate of drug-likeness (QED) is 0.157. The predicted octanol–water partition coefficient (Wildman–Crippen LogP) is 11.9. The highest BCUT2D eigenvalue weighted by Crippen LogP contribution is 2.47. The molecule has 42 heavy (non-hydrogen) atoms. The van der Waals surface area contributed by atoms with E-state index in [1.807, 2.05) is 0 Å². The molecule has 0 saturated carbocycles. The molecule has 0 aliphatic heterocycles. The monoisotopic (exact) mass is 530 g/mol. The van der Waals surface area contributed by atoms with Crippen LogP contribution in [0.2, 0.25) is 0 Å². The zero-order valence-corrected chi connectivity index (χ0v) is 23.0. The number of fused-ring (bicyclic) bond motifs is 2. The molecule has 0 radical (unpaired) electrons. The van der Waals surface area contributed by atoms with Gasteiger partial charge in [0.15, 0.2) is 0 Å². The number of rotatable bonds is 3. The standard InChI is InChI=1S/C42H26/c1-2-9-27(10-3-1)28-17-19-31(20-18-28)40-33-13-4-6-15-35(33)42(36-16-7-5-14-34(36)40)38-26-24-32-22-21-29-11-8-12-30-23-25-37(38)41(32)39(29)30/h1-26H. The van der Waals surface area contributed by atoms with Crippen molar-refractivity contribution in [3.63, 3.8) is 0 Å². The van der Waals surface area contributed by atoms with E-state index in [2.05, 4.69) is 158 Å². The Kier molecular flexibility index (Phi) is 5.00. The summed E-state index contributed by atoms with van der Waals surface area (Å²) < 4.78 is 0. The fourth-order valence-corrected chi connectivity index (χ4v) is 7.14. The van der Waals surface area contributed by atoms with Crippen LogP contribution in [-0.4, -0.2) is 0 Å². The lowest BCUT2D eigenvalue weighted by Gasteiger charge is -2.20. The Morgan fingerprint density at radius 3 is 1.36 bits per heavy atom. The Morgan fingerprint density at radius 2 is 0.714 bits per heavy atom. The second-order valence-corrected chi connectivity index (χ2v) is 11.3. The molecule has 0 aromatic heterocycles. The molecule has 0 saturated heterocycles. The van der Waals surface area contributed by atoms with Crippen molar-refractivity contribution in [2.45, 2.75) is 0 Å². The summed E-state index contributed by atoms with van der Waals surface area (Å²) in [6.07, 6.45) is 0. The molecular formula is C42H26. The fraction of sp³-hybridized carbons (Fsp3) is 0. The highest BCUT2D eigenvalue weighted by Gasteiger charge is 2.19. The summed E-state index contributed by atoms with van der Waals surface area (Å²) >= 11 is 0. The second-order valence-electron chi connectivity index (χ2n) is 11.3. The average molecular weight is 531 g/mol. The zero-order valence-electron chi connectivity index (χ0n) is 23.0. The molecule has 0 N–H and O–H groups in total. The molecule has 0 aliphatic carbocycles. The largest absolute Gasteiger partial charge is 0.0622 e. The maximum absolute atomic E-state index is 2.34. The molecule has 194 valence electrons. The van der Waals surface area contributed by atoms with Gasteiger partial charge in [0.2, 0.25) is 0 Å². The maximum atomic E-state index is 2.34. The van der Waals surface area contributed by atoms with Gasteiger partial charge in [-0.3, -0.25) is 0 Å². The van der Waals surface area contributed by atoms with Crippen molar-refractivity contribution >= 4 is 53.9 Å². The van der Waals surface area contributed by atoms with Crippen LogP contribution < -0.4 is 0 Å². The summed E-state index contributed by atoms with van der Waals surface area (Å²) in [6, 6.07) is 58.0. The predicted molar refractivity (Wildman–Crippen MR) is 181 cm³/mol. The van der Waals surface area contributed by atoms with E-state index >= 15 is 0 Å². The van der Waals surface area contributed by atoms with Crippen molar-refractivity contribution in [2.24, 2.45) is 0 Å². The minimum Gasteiger partial charge on any atom is -0.0622 e. The van der Waals surface area contributed by atoms with Crippen LogP contribution in [0.3, 0.4) is 0 Å². The van der Waals surface area contributed by atoms with E-state index in [9.17, 15) is 0 Å². The third-order valence-corrected chi connectivity index (χ3v) is 9.01. The SMILES string of the molecule is c1ccc(-c2ccc(-c3c4ccccc4c(-c4ccc5ccc6cccc7ccc4c5c67)c4ccccc34)cc2)cc1. The summed E-state index contributed by atoms with van der Waals surface area (Å²) in [4.78, 5) is 0. The second kappa shape index (κ2) is 9.03. The van der Waals surface area contributed by atoms with Crippen molar-refractivity contribution in [3.05, 3.63) is 158 Å². The Hall–Kier alpha value is -5.46. The Bertz CT molecular complexity index is 2360. The smallest absolute Gasteiger partial charge is 0.00201 e. The highest BCUT2D eigenvalue weighted by molar-refractivity contribution is 6.29. The normalized spacial score (nSPS) is 11.8. The van der Waals surface area contributed by atoms with E-state index < -0.39 is 0 Å². The molecule has 0 atom stereocenters. The van der Waals surface area contributed by atoms with Crippen molar-refractivity contribution < 1.29 is 0 Å². The maximum Gasteiger partial charge on any atom is -0.00201 e. The van der Waals surface area contributed by atoms with Gasteiger partial charge in [-0.15, -0.1) is 0 Å². The minimum absolute atomic E-state index is 1.23. The summed E-state index contributed by atoms with van der Waals surface area (Å²) in [5.41, 5.74) is 7.61. The van der Waals surface area contributed by atoms with Gasteiger partial charge in [0.05, 0.1) is 0 Å². The number of hydrogen-bond donors (Lipinski definition) is 0. The van der Waals surface area contributed by atoms with E-state index in [1.54, 1.807) is 0 Å². The molecule has 0 spiro atoms. The van der Waals surface area contributed by atoms with Gasteiger partial charge in [-0.1, -0.05) is 158 Å². The number of hydrogen-bond acceptors (Lipinski definition) is 0. The van der Waals surface area contributed by atoms with Gasteiger partial charge in [0.25, 0.3) is 0 Å². The highest BCUT2D eigenvalue weighted by atomic mass is 14.2. The minimum atomic E-state index is 1.23. The average Bonchev–Trinajstić information content (AvgIpc) is 3.07. The van der Waals surface area contributed by atoms with Crippen LogP contribution in [-0.2, 0) is 0 Å². The third kappa shape index (κ3) is 3.36. The fourth-order valence-electron chi connectivity index (χ4n) is 7.14. The van der Waals surface area contributed by atoms with Crippen LogP contribution in [0.25, 0.3) is 87.2 Å². The van der Waals surface area contributed by atoms with Gasteiger partial charge < -0.3 is 0 Å². The van der Waals surface area contributed by atoms with Gasteiger partial charge in [0, 0.05) is 0 Å². The molecule has 0 amide bonds.